The average Bonchev–Trinajstić information content (AvgIpc) is 3.31. The molecule has 1 atom stereocenters. The summed E-state index contributed by atoms with van der Waals surface area (Å²) in [6.07, 6.45) is 1.80. The molecule has 1 aliphatic rings. The van der Waals surface area contributed by atoms with E-state index < -0.39 is 12.0 Å². The summed E-state index contributed by atoms with van der Waals surface area (Å²) in [6, 6.07) is 19.6. The van der Waals surface area contributed by atoms with Crippen LogP contribution < -0.4 is 29.1 Å². The van der Waals surface area contributed by atoms with Gasteiger partial charge in [-0.2, -0.15) is 0 Å². The molecule has 0 saturated carbocycles. The Hall–Kier alpha value is -4.34. The quantitative estimate of drug-likeness (QED) is 0.220. The summed E-state index contributed by atoms with van der Waals surface area (Å²) in [5.74, 6) is 1.09. The number of carbonyl (C=O) groups excluding carboxylic acids is 1. The Balaban J connectivity index is 1.56. The van der Waals surface area contributed by atoms with Gasteiger partial charge in [0.15, 0.2) is 16.3 Å². The van der Waals surface area contributed by atoms with E-state index in [-0.39, 0.29) is 17.7 Å². The molecule has 0 fully saturated rings. The Morgan fingerprint density at radius 3 is 2.49 bits per heavy atom. The third-order valence-corrected chi connectivity index (χ3v) is 8.21. The lowest BCUT2D eigenvalue weighted by atomic mass is 9.94. The number of rotatable bonds is 10. The first-order chi connectivity index (χ1) is 20.9. The maximum Gasteiger partial charge on any atom is 0.338 e. The first-order valence-corrected chi connectivity index (χ1v) is 15.0. The molecule has 0 radical (unpaired) electrons. The molecule has 0 unspecified atom stereocenters. The van der Waals surface area contributed by atoms with Crippen LogP contribution in [0.15, 0.2) is 87.8 Å². The molecule has 8 nitrogen and oxygen atoms in total. The van der Waals surface area contributed by atoms with Crippen LogP contribution in [0.1, 0.15) is 43.5 Å². The summed E-state index contributed by atoms with van der Waals surface area (Å²) in [6.45, 7) is 6.24. The average molecular weight is 619 g/mol. The maximum absolute atomic E-state index is 14.0. The van der Waals surface area contributed by atoms with E-state index in [1.165, 1.54) is 15.9 Å². The monoisotopic (exact) mass is 618 g/mol. The second-order valence-electron chi connectivity index (χ2n) is 9.56. The maximum atomic E-state index is 14.0. The molecule has 10 heteroatoms. The van der Waals surface area contributed by atoms with Gasteiger partial charge in [-0.05, 0) is 56.7 Å². The van der Waals surface area contributed by atoms with Crippen molar-refractivity contribution in [3.8, 4) is 17.2 Å². The summed E-state index contributed by atoms with van der Waals surface area (Å²) in [7, 11) is 1.55. The van der Waals surface area contributed by atoms with Gasteiger partial charge in [-0.1, -0.05) is 65.4 Å². The lowest BCUT2D eigenvalue weighted by Gasteiger charge is -2.26. The number of nitrogens with zero attached hydrogens (tertiary/aromatic N) is 2. The van der Waals surface area contributed by atoms with E-state index in [4.69, 9.17) is 30.5 Å². The molecule has 1 aliphatic heterocycles. The van der Waals surface area contributed by atoms with E-state index in [0.29, 0.717) is 56.1 Å². The van der Waals surface area contributed by atoms with Gasteiger partial charge in [0.1, 0.15) is 18.4 Å². The topological polar surface area (TPSA) is 88.4 Å². The Morgan fingerprint density at radius 1 is 1.02 bits per heavy atom. The van der Waals surface area contributed by atoms with Crippen LogP contribution in [-0.4, -0.2) is 30.9 Å². The van der Waals surface area contributed by atoms with Gasteiger partial charge in [0.05, 0.1) is 36.1 Å². The van der Waals surface area contributed by atoms with E-state index in [1.54, 1.807) is 39.2 Å². The van der Waals surface area contributed by atoms with E-state index in [2.05, 4.69) is 4.99 Å². The van der Waals surface area contributed by atoms with Crippen LogP contribution in [0.2, 0.25) is 5.02 Å². The fraction of sp³-hybridized carbons (Fsp3) is 0.242. The van der Waals surface area contributed by atoms with Crippen LogP contribution >= 0.6 is 22.9 Å². The third-order valence-electron chi connectivity index (χ3n) is 6.86. The largest absolute Gasteiger partial charge is 0.493 e. The normalized spacial score (nSPS) is 14.6. The molecule has 0 spiro atoms. The Kier molecular flexibility index (Phi) is 9.33. The SMILES string of the molecule is CCOC(=O)C1=C(C)N=c2s/c(=C/c3ccc(OCc4ccccc4Cl)cc3)c(=O)n2[C@H]1c1cccc(OC)c1OCC. The number of halogens is 1. The lowest BCUT2D eigenvalue weighted by molar-refractivity contribution is -0.139. The van der Waals surface area contributed by atoms with Crippen molar-refractivity contribution in [2.24, 2.45) is 4.99 Å². The van der Waals surface area contributed by atoms with Crippen LogP contribution in [0.3, 0.4) is 0 Å². The number of ether oxygens (including phenoxy) is 4. The number of esters is 1. The van der Waals surface area contributed by atoms with Gasteiger partial charge in [0.2, 0.25) is 0 Å². The number of thiazole rings is 1. The molecular weight excluding hydrogens is 588 g/mol. The number of hydrogen-bond donors (Lipinski definition) is 0. The highest BCUT2D eigenvalue weighted by atomic mass is 35.5. The molecule has 2 heterocycles. The Morgan fingerprint density at radius 2 is 1.79 bits per heavy atom. The number of fused-ring (bicyclic) bond motifs is 1. The predicted octanol–water partition coefficient (Wildman–Crippen LogP) is 5.44. The minimum Gasteiger partial charge on any atom is -0.493 e. The predicted molar refractivity (Wildman–Crippen MR) is 167 cm³/mol. The van der Waals surface area contributed by atoms with Crippen molar-refractivity contribution in [2.45, 2.75) is 33.4 Å². The highest BCUT2D eigenvalue weighted by Crippen LogP contribution is 2.40. The zero-order valence-corrected chi connectivity index (χ0v) is 25.8. The fourth-order valence-corrected chi connectivity index (χ4v) is 6.12. The minimum absolute atomic E-state index is 0.182. The van der Waals surface area contributed by atoms with Crippen LogP contribution in [0.4, 0.5) is 0 Å². The summed E-state index contributed by atoms with van der Waals surface area (Å²) >= 11 is 7.49. The number of aromatic nitrogens is 1. The lowest BCUT2D eigenvalue weighted by Crippen LogP contribution is -2.40. The van der Waals surface area contributed by atoms with Gasteiger partial charge in [-0.25, -0.2) is 9.79 Å². The van der Waals surface area contributed by atoms with Crippen LogP contribution in [0, 0.1) is 0 Å². The number of benzene rings is 3. The molecule has 0 N–H and O–H groups in total. The third kappa shape index (κ3) is 6.23. The van der Waals surface area contributed by atoms with Crippen molar-refractivity contribution in [3.63, 3.8) is 0 Å². The van der Waals surface area contributed by atoms with Gasteiger partial charge in [-0.15, -0.1) is 0 Å². The summed E-state index contributed by atoms with van der Waals surface area (Å²) in [5.41, 5.74) is 2.77. The molecule has 3 aromatic carbocycles. The van der Waals surface area contributed by atoms with Crippen LogP contribution in [0.25, 0.3) is 6.08 Å². The van der Waals surface area contributed by atoms with Crippen molar-refractivity contribution >= 4 is 35.0 Å². The molecular formula is C33H31ClN2O6S. The van der Waals surface area contributed by atoms with Gasteiger partial charge in [0, 0.05) is 16.1 Å². The molecule has 222 valence electrons. The second kappa shape index (κ2) is 13.3. The molecule has 0 amide bonds. The van der Waals surface area contributed by atoms with Crippen molar-refractivity contribution in [3.05, 3.63) is 119 Å². The molecule has 0 aliphatic carbocycles. The van der Waals surface area contributed by atoms with E-state index in [1.807, 2.05) is 61.5 Å². The minimum atomic E-state index is -0.824. The standard InChI is InChI=1S/C33H31ClN2O6S/c1-5-40-30-24(11-9-13-26(30)39-4)29-28(32(38)41-6-2)20(3)35-33-36(29)31(37)27(43-33)18-21-14-16-23(17-15-21)42-19-22-10-7-8-12-25(22)34/h7-18,29H,5-6,19H2,1-4H3/b27-18+/t29-/m0/s1. The van der Waals surface area contributed by atoms with Crippen molar-refractivity contribution in [1.29, 1.82) is 0 Å². The number of hydrogen-bond acceptors (Lipinski definition) is 8. The van der Waals surface area contributed by atoms with Crippen molar-refractivity contribution in [1.82, 2.24) is 4.57 Å². The Labute approximate surface area is 258 Å². The van der Waals surface area contributed by atoms with Crippen molar-refractivity contribution in [2.75, 3.05) is 20.3 Å². The van der Waals surface area contributed by atoms with Gasteiger partial charge < -0.3 is 18.9 Å². The van der Waals surface area contributed by atoms with E-state index in [0.717, 1.165) is 11.1 Å². The number of methoxy groups -OCH3 is 1. The fourth-order valence-electron chi connectivity index (χ4n) is 4.88. The molecule has 4 aromatic rings. The molecule has 43 heavy (non-hydrogen) atoms. The number of para-hydroxylation sites is 1. The summed E-state index contributed by atoms with van der Waals surface area (Å²) < 4.78 is 24.9. The smallest absolute Gasteiger partial charge is 0.338 e. The summed E-state index contributed by atoms with van der Waals surface area (Å²) in [5, 5.41) is 0.650. The molecule has 1 aromatic heterocycles. The zero-order valence-electron chi connectivity index (χ0n) is 24.3. The van der Waals surface area contributed by atoms with E-state index >= 15 is 0 Å². The number of allylic oxidation sites excluding steroid dienone is 1. The van der Waals surface area contributed by atoms with Gasteiger partial charge >= 0.3 is 5.97 Å². The number of carbonyl (C=O) groups is 1. The molecule has 0 bridgehead atoms. The molecule has 0 saturated heterocycles. The van der Waals surface area contributed by atoms with Gasteiger partial charge in [-0.3, -0.25) is 9.36 Å². The van der Waals surface area contributed by atoms with Gasteiger partial charge in [0.25, 0.3) is 5.56 Å². The second-order valence-corrected chi connectivity index (χ2v) is 11.0. The summed E-state index contributed by atoms with van der Waals surface area (Å²) in [4.78, 5) is 32.4. The molecule has 5 rings (SSSR count). The zero-order chi connectivity index (χ0) is 30.5. The van der Waals surface area contributed by atoms with E-state index in [9.17, 15) is 9.59 Å². The first-order valence-electron chi connectivity index (χ1n) is 13.8. The highest BCUT2D eigenvalue weighted by Gasteiger charge is 2.36. The highest BCUT2D eigenvalue weighted by molar-refractivity contribution is 7.07. The Bertz CT molecular complexity index is 1860. The van der Waals surface area contributed by atoms with Crippen LogP contribution in [-0.2, 0) is 16.1 Å². The van der Waals surface area contributed by atoms with Crippen LogP contribution in [0.5, 0.6) is 17.2 Å². The first kappa shape index (κ1) is 30.1. The van der Waals surface area contributed by atoms with Crippen molar-refractivity contribution < 1.29 is 23.7 Å².